The zero-order valence-electron chi connectivity index (χ0n) is 12.2. The Bertz CT molecular complexity index is 561. The van der Waals surface area contributed by atoms with Gasteiger partial charge in [0, 0.05) is 0 Å². The fraction of sp³-hybridized carbons (Fsp3) is 0.333. The number of aromatic hydroxyl groups is 1. The van der Waals surface area contributed by atoms with Crippen LogP contribution in [0.3, 0.4) is 0 Å². The molecule has 0 aromatic heterocycles. The van der Waals surface area contributed by atoms with E-state index in [1.807, 2.05) is 18.2 Å². The Labute approximate surface area is 121 Å². The summed E-state index contributed by atoms with van der Waals surface area (Å²) >= 11 is 0. The Morgan fingerprint density at radius 1 is 0.850 bits per heavy atom. The smallest absolute Gasteiger partial charge is 0.169 e. The monoisotopic (exact) mass is 270 g/mol. The topological polar surface area (TPSA) is 29.5 Å². The zero-order valence-corrected chi connectivity index (χ0v) is 12.2. The van der Waals surface area contributed by atoms with Crippen molar-refractivity contribution in [3.8, 4) is 17.2 Å². The molecule has 0 spiro atoms. The van der Waals surface area contributed by atoms with Gasteiger partial charge in [-0.3, -0.25) is 0 Å². The van der Waals surface area contributed by atoms with Crippen LogP contribution >= 0.6 is 0 Å². The predicted octanol–water partition coefficient (Wildman–Crippen LogP) is 5.09. The number of phenolic OH excluding ortho intramolecular Hbond substituents is 1. The van der Waals surface area contributed by atoms with Crippen molar-refractivity contribution >= 4 is 0 Å². The molecule has 0 aliphatic carbocycles. The molecular formula is C18H22O2. The van der Waals surface area contributed by atoms with Gasteiger partial charge in [0.15, 0.2) is 11.5 Å². The van der Waals surface area contributed by atoms with Gasteiger partial charge in [0.2, 0.25) is 0 Å². The summed E-state index contributed by atoms with van der Waals surface area (Å²) in [6, 6.07) is 13.3. The van der Waals surface area contributed by atoms with Crippen molar-refractivity contribution in [2.24, 2.45) is 0 Å². The van der Waals surface area contributed by atoms with Crippen molar-refractivity contribution in [2.75, 3.05) is 0 Å². The molecule has 0 atom stereocenters. The van der Waals surface area contributed by atoms with Gasteiger partial charge in [-0.15, -0.1) is 0 Å². The number of hydrogen-bond donors (Lipinski definition) is 1. The molecule has 2 nitrogen and oxygen atoms in total. The van der Waals surface area contributed by atoms with Crippen LogP contribution in [-0.4, -0.2) is 5.11 Å². The van der Waals surface area contributed by atoms with Crippen molar-refractivity contribution in [1.29, 1.82) is 0 Å². The Hall–Kier alpha value is -1.96. The SMILES string of the molecule is CCCc1cccc(Oc2ccccc2O)c1CCC. The number of hydrogen-bond acceptors (Lipinski definition) is 2. The Morgan fingerprint density at radius 2 is 1.55 bits per heavy atom. The molecule has 0 radical (unpaired) electrons. The minimum absolute atomic E-state index is 0.177. The lowest BCUT2D eigenvalue weighted by molar-refractivity contribution is 0.408. The van der Waals surface area contributed by atoms with Crippen LogP contribution in [0.1, 0.15) is 37.8 Å². The van der Waals surface area contributed by atoms with Crippen LogP contribution in [0.2, 0.25) is 0 Å². The summed E-state index contributed by atoms with van der Waals surface area (Å²) in [5, 5.41) is 9.84. The van der Waals surface area contributed by atoms with Gasteiger partial charge in [-0.05, 0) is 42.2 Å². The molecule has 2 aromatic rings. The molecule has 0 saturated heterocycles. The van der Waals surface area contributed by atoms with Crippen molar-refractivity contribution in [3.63, 3.8) is 0 Å². The second-order valence-corrected chi connectivity index (χ2v) is 4.96. The highest BCUT2D eigenvalue weighted by Crippen LogP contribution is 2.34. The summed E-state index contributed by atoms with van der Waals surface area (Å²) < 4.78 is 5.93. The van der Waals surface area contributed by atoms with E-state index in [1.165, 1.54) is 11.1 Å². The van der Waals surface area contributed by atoms with Crippen molar-refractivity contribution in [1.82, 2.24) is 0 Å². The average Bonchev–Trinajstić information content (AvgIpc) is 2.45. The van der Waals surface area contributed by atoms with Gasteiger partial charge in [0.25, 0.3) is 0 Å². The fourth-order valence-electron chi connectivity index (χ4n) is 2.41. The fourth-order valence-corrected chi connectivity index (χ4v) is 2.41. The van der Waals surface area contributed by atoms with Crippen LogP contribution in [0.4, 0.5) is 0 Å². The molecule has 0 aliphatic rings. The van der Waals surface area contributed by atoms with Crippen LogP contribution < -0.4 is 4.74 Å². The molecule has 20 heavy (non-hydrogen) atoms. The molecule has 0 amide bonds. The van der Waals surface area contributed by atoms with Crippen molar-refractivity contribution < 1.29 is 9.84 Å². The van der Waals surface area contributed by atoms with Crippen molar-refractivity contribution in [2.45, 2.75) is 39.5 Å². The highest BCUT2D eigenvalue weighted by molar-refractivity contribution is 5.46. The first-order chi connectivity index (χ1) is 9.76. The summed E-state index contributed by atoms with van der Waals surface area (Å²) in [6.07, 6.45) is 4.26. The lowest BCUT2D eigenvalue weighted by Crippen LogP contribution is -1.98. The van der Waals surface area contributed by atoms with E-state index >= 15 is 0 Å². The number of aryl methyl sites for hydroxylation is 1. The maximum atomic E-state index is 9.84. The van der Waals surface area contributed by atoms with Gasteiger partial charge < -0.3 is 9.84 Å². The molecule has 0 bridgehead atoms. The van der Waals surface area contributed by atoms with E-state index in [0.29, 0.717) is 5.75 Å². The number of para-hydroxylation sites is 2. The third-order valence-electron chi connectivity index (χ3n) is 3.33. The molecule has 2 aromatic carbocycles. The Balaban J connectivity index is 2.35. The highest BCUT2D eigenvalue weighted by atomic mass is 16.5. The summed E-state index contributed by atoms with van der Waals surface area (Å²) in [7, 11) is 0. The van der Waals surface area contributed by atoms with E-state index in [0.717, 1.165) is 31.4 Å². The summed E-state index contributed by atoms with van der Waals surface area (Å²) in [6.45, 7) is 4.36. The van der Waals surface area contributed by atoms with Gasteiger partial charge in [0.05, 0.1) is 0 Å². The normalized spacial score (nSPS) is 10.5. The van der Waals surface area contributed by atoms with Gasteiger partial charge in [-0.25, -0.2) is 0 Å². The van der Waals surface area contributed by atoms with E-state index < -0.39 is 0 Å². The minimum atomic E-state index is 0.177. The second-order valence-electron chi connectivity index (χ2n) is 4.96. The first-order valence-electron chi connectivity index (χ1n) is 7.32. The van der Waals surface area contributed by atoms with Gasteiger partial charge in [0.1, 0.15) is 5.75 Å². The number of benzene rings is 2. The standard InChI is InChI=1S/C18H22O2/c1-3-8-14-10-7-13-17(15(14)9-4-2)20-18-12-6-5-11-16(18)19/h5-7,10-13,19H,3-4,8-9H2,1-2H3. The molecule has 2 heteroatoms. The van der Waals surface area contributed by atoms with Crippen LogP contribution in [0, 0.1) is 0 Å². The minimum Gasteiger partial charge on any atom is -0.504 e. The molecule has 2 rings (SSSR count). The van der Waals surface area contributed by atoms with Crippen LogP contribution in [0.15, 0.2) is 42.5 Å². The molecule has 1 N–H and O–H groups in total. The summed E-state index contributed by atoms with van der Waals surface area (Å²) in [4.78, 5) is 0. The van der Waals surface area contributed by atoms with Gasteiger partial charge >= 0.3 is 0 Å². The van der Waals surface area contributed by atoms with E-state index in [1.54, 1.807) is 18.2 Å². The molecule has 106 valence electrons. The largest absolute Gasteiger partial charge is 0.504 e. The van der Waals surface area contributed by atoms with E-state index in [2.05, 4.69) is 19.9 Å². The average molecular weight is 270 g/mol. The molecule has 0 unspecified atom stereocenters. The molecule has 0 aliphatic heterocycles. The van der Waals surface area contributed by atoms with Crippen LogP contribution in [0.5, 0.6) is 17.2 Å². The number of ether oxygens (including phenoxy) is 1. The number of phenols is 1. The van der Waals surface area contributed by atoms with Gasteiger partial charge in [-0.1, -0.05) is 51.0 Å². The van der Waals surface area contributed by atoms with Crippen molar-refractivity contribution in [3.05, 3.63) is 53.6 Å². The van der Waals surface area contributed by atoms with Crippen LogP contribution in [0.25, 0.3) is 0 Å². The number of rotatable bonds is 6. The first-order valence-corrected chi connectivity index (χ1v) is 7.32. The summed E-state index contributed by atoms with van der Waals surface area (Å²) in [5.74, 6) is 1.55. The second kappa shape index (κ2) is 6.99. The summed E-state index contributed by atoms with van der Waals surface area (Å²) in [5.41, 5.74) is 2.61. The molecular weight excluding hydrogens is 248 g/mol. The first kappa shape index (κ1) is 14.4. The third kappa shape index (κ3) is 3.32. The van der Waals surface area contributed by atoms with E-state index in [9.17, 15) is 5.11 Å². The molecule has 0 fully saturated rings. The Morgan fingerprint density at radius 3 is 2.25 bits per heavy atom. The quantitative estimate of drug-likeness (QED) is 0.792. The lowest BCUT2D eigenvalue weighted by atomic mass is 9.98. The molecule has 0 heterocycles. The Kier molecular flexibility index (Phi) is 5.05. The maximum Gasteiger partial charge on any atom is 0.169 e. The predicted molar refractivity (Wildman–Crippen MR) is 82.6 cm³/mol. The van der Waals surface area contributed by atoms with Gasteiger partial charge in [-0.2, -0.15) is 0 Å². The van der Waals surface area contributed by atoms with Crippen LogP contribution in [-0.2, 0) is 12.8 Å². The lowest BCUT2D eigenvalue weighted by Gasteiger charge is -2.15. The highest BCUT2D eigenvalue weighted by Gasteiger charge is 2.10. The molecule has 0 saturated carbocycles. The zero-order chi connectivity index (χ0) is 14.4. The maximum absolute atomic E-state index is 9.84. The van der Waals surface area contributed by atoms with E-state index in [4.69, 9.17) is 4.74 Å². The van der Waals surface area contributed by atoms with E-state index in [-0.39, 0.29) is 5.75 Å². The third-order valence-corrected chi connectivity index (χ3v) is 3.33.